The lowest BCUT2D eigenvalue weighted by Crippen LogP contribution is -2.17. The molecular weight excluding hydrogens is 360 g/mol. The van der Waals surface area contributed by atoms with Crippen molar-refractivity contribution in [1.29, 1.82) is 0 Å². The van der Waals surface area contributed by atoms with Crippen molar-refractivity contribution >= 4 is 22.9 Å². The highest BCUT2D eigenvalue weighted by atomic mass is 16.5. The van der Waals surface area contributed by atoms with E-state index >= 15 is 0 Å². The van der Waals surface area contributed by atoms with Crippen molar-refractivity contribution in [2.24, 2.45) is 5.10 Å². The van der Waals surface area contributed by atoms with Crippen LogP contribution in [0.4, 0.5) is 0 Å². The number of carbonyl (C=O) groups is 1. The number of rotatable bonds is 6. The average molecular weight is 380 g/mol. The molecule has 4 aromatic rings. The van der Waals surface area contributed by atoms with Gasteiger partial charge in [0.1, 0.15) is 12.4 Å². The zero-order valence-corrected chi connectivity index (χ0v) is 15.8. The molecule has 0 heterocycles. The van der Waals surface area contributed by atoms with Gasteiger partial charge >= 0.3 is 0 Å². The predicted octanol–water partition coefficient (Wildman–Crippen LogP) is 5.18. The van der Waals surface area contributed by atoms with Crippen LogP contribution in [0.5, 0.6) is 5.75 Å². The van der Waals surface area contributed by atoms with Gasteiger partial charge in [-0.2, -0.15) is 5.10 Å². The van der Waals surface area contributed by atoms with Gasteiger partial charge in [0.2, 0.25) is 0 Å². The largest absolute Gasteiger partial charge is 0.489 e. The van der Waals surface area contributed by atoms with E-state index in [1.54, 1.807) is 12.3 Å². The second kappa shape index (κ2) is 8.85. The molecule has 0 aromatic heterocycles. The van der Waals surface area contributed by atoms with Crippen LogP contribution >= 0.6 is 0 Å². The molecule has 0 aliphatic heterocycles. The fourth-order valence-electron chi connectivity index (χ4n) is 3.07. The van der Waals surface area contributed by atoms with Crippen LogP contribution in [0.3, 0.4) is 0 Å². The topological polar surface area (TPSA) is 50.7 Å². The second-order valence-electron chi connectivity index (χ2n) is 6.57. The number of nitrogens with zero attached hydrogens (tertiary/aromatic N) is 1. The SMILES string of the molecule is O=C(N/N=C/c1cccc(OCc2ccccc2)c1)c1cccc2ccccc12. The first-order chi connectivity index (χ1) is 14.3. The Labute approximate surface area is 169 Å². The molecule has 0 aliphatic rings. The van der Waals surface area contributed by atoms with Crippen LogP contribution < -0.4 is 10.2 Å². The van der Waals surface area contributed by atoms with Gasteiger partial charge in [-0.3, -0.25) is 4.79 Å². The molecule has 0 saturated carbocycles. The van der Waals surface area contributed by atoms with Crippen molar-refractivity contribution < 1.29 is 9.53 Å². The van der Waals surface area contributed by atoms with Crippen molar-refractivity contribution in [2.45, 2.75) is 6.61 Å². The maximum atomic E-state index is 12.5. The zero-order valence-electron chi connectivity index (χ0n) is 15.8. The quantitative estimate of drug-likeness (QED) is 0.370. The van der Waals surface area contributed by atoms with Crippen molar-refractivity contribution in [3.05, 3.63) is 114 Å². The van der Waals surface area contributed by atoms with Crippen LogP contribution in [0.2, 0.25) is 0 Å². The highest BCUT2D eigenvalue weighted by Crippen LogP contribution is 2.18. The summed E-state index contributed by atoms with van der Waals surface area (Å²) in [5.74, 6) is 0.507. The molecule has 142 valence electrons. The maximum Gasteiger partial charge on any atom is 0.271 e. The molecule has 4 heteroatoms. The van der Waals surface area contributed by atoms with Crippen LogP contribution in [-0.4, -0.2) is 12.1 Å². The Balaban J connectivity index is 1.41. The summed E-state index contributed by atoms with van der Waals surface area (Å²) in [5.41, 5.74) is 5.15. The minimum absolute atomic E-state index is 0.241. The first-order valence-electron chi connectivity index (χ1n) is 9.37. The van der Waals surface area contributed by atoms with Crippen LogP contribution in [-0.2, 0) is 6.61 Å². The smallest absolute Gasteiger partial charge is 0.271 e. The lowest BCUT2D eigenvalue weighted by atomic mass is 10.0. The van der Waals surface area contributed by atoms with E-state index in [0.717, 1.165) is 27.6 Å². The average Bonchev–Trinajstić information content (AvgIpc) is 2.78. The van der Waals surface area contributed by atoms with E-state index in [2.05, 4.69) is 10.5 Å². The van der Waals surface area contributed by atoms with E-state index in [0.29, 0.717) is 12.2 Å². The minimum Gasteiger partial charge on any atom is -0.489 e. The molecule has 0 saturated heterocycles. The van der Waals surface area contributed by atoms with Gasteiger partial charge in [0.25, 0.3) is 5.91 Å². The number of hydrazone groups is 1. The number of fused-ring (bicyclic) bond motifs is 1. The van der Waals surface area contributed by atoms with Crippen LogP contribution in [0.25, 0.3) is 10.8 Å². The number of hydrogen-bond acceptors (Lipinski definition) is 3. The molecule has 0 atom stereocenters. The highest BCUT2D eigenvalue weighted by Gasteiger charge is 2.08. The molecule has 29 heavy (non-hydrogen) atoms. The van der Waals surface area contributed by atoms with Crippen LogP contribution in [0, 0.1) is 0 Å². The van der Waals surface area contributed by atoms with Gasteiger partial charge in [-0.05, 0) is 40.1 Å². The van der Waals surface area contributed by atoms with Crippen molar-refractivity contribution in [3.63, 3.8) is 0 Å². The molecule has 4 rings (SSSR count). The number of nitrogens with one attached hydrogen (secondary N) is 1. The van der Waals surface area contributed by atoms with Gasteiger partial charge in [-0.25, -0.2) is 5.43 Å². The number of amides is 1. The summed E-state index contributed by atoms with van der Waals surface area (Å²) in [5, 5.41) is 6.03. The molecule has 1 N–H and O–H groups in total. The number of hydrogen-bond donors (Lipinski definition) is 1. The molecule has 0 aliphatic carbocycles. The summed E-state index contributed by atoms with van der Waals surface area (Å²) in [7, 11) is 0. The lowest BCUT2D eigenvalue weighted by Gasteiger charge is -2.07. The van der Waals surface area contributed by atoms with E-state index in [1.165, 1.54) is 0 Å². The normalized spacial score (nSPS) is 10.9. The second-order valence-corrected chi connectivity index (χ2v) is 6.57. The van der Waals surface area contributed by atoms with Gasteiger partial charge in [-0.1, -0.05) is 78.9 Å². The summed E-state index contributed by atoms with van der Waals surface area (Å²) in [6.45, 7) is 0.499. The van der Waals surface area contributed by atoms with Gasteiger partial charge < -0.3 is 4.74 Å². The molecule has 0 bridgehead atoms. The number of benzene rings is 4. The fourth-order valence-corrected chi connectivity index (χ4v) is 3.07. The summed E-state index contributed by atoms with van der Waals surface area (Å²) in [4.78, 5) is 12.5. The third-order valence-corrected chi connectivity index (χ3v) is 4.52. The monoisotopic (exact) mass is 380 g/mol. The Hall–Kier alpha value is -3.92. The van der Waals surface area contributed by atoms with Gasteiger partial charge in [-0.15, -0.1) is 0 Å². The molecule has 4 nitrogen and oxygen atoms in total. The Bertz CT molecular complexity index is 1150. The minimum atomic E-state index is -0.241. The molecular formula is C25H20N2O2. The van der Waals surface area contributed by atoms with Crippen molar-refractivity contribution in [3.8, 4) is 5.75 Å². The third-order valence-electron chi connectivity index (χ3n) is 4.52. The van der Waals surface area contributed by atoms with Crippen LogP contribution in [0.1, 0.15) is 21.5 Å². The standard InChI is InChI=1S/C25H20N2O2/c28-25(24-15-7-12-21-11-4-5-14-23(21)24)27-26-17-20-10-6-13-22(16-20)29-18-19-8-2-1-3-9-19/h1-17H,18H2,(H,27,28)/b26-17+. The predicted molar refractivity (Wildman–Crippen MR) is 116 cm³/mol. The molecule has 0 unspecified atom stereocenters. The number of ether oxygens (including phenoxy) is 1. The summed E-state index contributed by atoms with van der Waals surface area (Å²) in [6.07, 6.45) is 1.61. The number of carbonyl (C=O) groups excluding carboxylic acids is 1. The Morgan fingerprint density at radius 2 is 1.62 bits per heavy atom. The first kappa shape index (κ1) is 18.4. The molecule has 0 radical (unpaired) electrons. The van der Waals surface area contributed by atoms with E-state index in [4.69, 9.17) is 4.74 Å². The summed E-state index contributed by atoms with van der Waals surface area (Å²) < 4.78 is 5.83. The van der Waals surface area contributed by atoms with Crippen molar-refractivity contribution in [2.75, 3.05) is 0 Å². The van der Waals surface area contributed by atoms with E-state index in [9.17, 15) is 4.79 Å². The zero-order chi connectivity index (χ0) is 19.9. The molecule has 4 aromatic carbocycles. The van der Waals surface area contributed by atoms with Gasteiger partial charge in [0.15, 0.2) is 0 Å². The molecule has 1 amide bonds. The van der Waals surface area contributed by atoms with E-state index in [1.807, 2.05) is 91.0 Å². The third kappa shape index (κ3) is 4.68. The van der Waals surface area contributed by atoms with Crippen LogP contribution in [0.15, 0.2) is 102 Å². The maximum absolute atomic E-state index is 12.5. The molecule has 0 spiro atoms. The van der Waals surface area contributed by atoms with Gasteiger partial charge in [0.05, 0.1) is 6.21 Å². The Morgan fingerprint density at radius 3 is 2.52 bits per heavy atom. The molecule has 0 fully saturated rings. The lowest BCUT2D eigenvalue weighted by molar-refractivity contribution is 0.0957. The van der Waals surface area contributed by atoms with E-state index in [-0.39, 0.29) is 5.91 Å². The summed E-state index contributed by atoms with van der Waals surface area (Å²) >= 11 is 0. The fraction of sp³-hybridized carbons (Fsp3) is 0.0400. The van der Waals surface area contributed by atoms with Crippen molar-refractivity contribution in [1.82, 2.24) is 5.43 Å². The van der Waals surface area contributed by atoms with Gasteiger partial charge in [0, 0.05) is 5.56 Å². The Morgan fingerprint density at radius 1 is 0.862 bits per heavy atom. The Kier molecular flexibility index (Phi) is 5.63. The summed E-state index contributed by atoms with van der Waals surface area (Å²) in [6, 6.07) is 31.0. The first-order valence-corrected chi connectivity index (χ1v) is 9.37. The highest BCUT2D eigenvalue weighted by molar-refractivity contribution is 6.07. The van der Waals surface area contributed by atoms with E-state index < -0.39 is 0 Å².